The van der Waals surface area contributed by atoms with Crippen LogP contribution in [-0.2, 0) is 17.9 Å². The van der Waals surface area contributed by atoms with Crippen LogP contribution in [0.4, 0.5) is 5.69 Å². The predicted octanol–water partition coefficient (Wildman–Crippen LogP) is 6.44. The molecule has 0 saturated carbocycles. The molecule has 0 fully saturated rings. The lowest BCUT2D eigenvalue weighted by Gasteiger charge is -2.23. The molecule has 0 amide bonds. The third-order valence-electron chi connectivity index (χ3n) is 6.14. The van der Waals surface area contributed by atoms with Gasteiger partial charge in [-0.05, 0) is 73.4 Å². The maximum Gasteiger partial charge on any atom is 0.338 e. The van der Waals surface area contributed by atoms with Gasteiger partial charge in [0.05, 0.1) is 33.3 Å². The Kier molecular flexibility index (Phi) is 7.88. The molecule has 4 rings (SSSR count). The first kappa shape index (κ1) is 24.6. The van der Waals surface area contributed by atoms with Crippen molar-refractivity contribution in [2.45, 2.75) is 32.4 Å². The molecule has 3 aromatic carbocycles. The van der Waals surface area contributed by atoms with E-state index in [2.05, 4.69) is 62.2 Å². The first-order valence-electron chi connectivity index (χ1n) is 12.2. The van der Waals surface area contributed by atoms with Crippen LogP contribution >= 0.6 is 0 Å². The summed E-state index contributed by atoms with van der Waals surface area (Å²) in [6, 6.07) is 26.2. The van der Waals surface area contributed by atoms with Gasteiger partial charge in [-0.3, -0.25) is 4.48 Å². The van der Waals surface area contributed by atoms with Gasteiger partial charge >= 0.3 is 5.97 Å². The van der Waals surface area contributed by atoms with Crippen molar-refractivity contribution in [3.63, 3.8) is 0 Å². The molecule has 0 aliphatic rings. The number of benzene rings is 3. The molecule has 35 heavy (non-hydrogen) atoms. The number of hydrogen-bond donors (Lipinski definition) is 0. The van der Waals surface area contributed by atoms with Crippen LogP contribution in [0.5, 0.6) is 5.75 Å². The molecule has 1 aromatic heterocycles. The summed E-state index contributed by atoms with van der Waals surface area (Å²) in [5, 5.41) is 1.18. The third kappa shape index (κ3) is 6.74. The topological polar surface area (TPSA) is 40.5 Å². The molecular formula is C30H35N2O3+. The lowest BCUT2D eigenvalue weighted by atomic mass is 10.2. The van der Waals surface area contributed by atoms with Crippen molar-refractivity contribution in [2.24, 2.45) is 0 Å². The van der Waals surface area contributed by atoms with Gasteiger partial charge in [0, 0.05) is 23.6 Å². The van der Waals surface area contributed by atoms with E-state index in [0.29, 0.717) is 18.8 Å². The molecule has 0 atom stereocenters. The number of quaternary nitrogens is 1. The van der Waals surface area contributed by atoms with Gasteiger partial charge in [-0.1, -0.05) is 30.3 Å². The Morgan fingerprint density at radius 3 is 2.37 bits per heavy atom. The smallest absolute Gasteiger partial charge is 0.338 e. The standard InChI is InChI=1S/C30H35N2O3/c1-32(2,3)27-14-12-25(13-15-27)30(33)34-21-9-5-8-19-31-20-18-26-22-28(16-17-29(26)31)35-23-24-10-6-4-7-11-24/h4,6-7,10-18,20,22H,5,8-9,19,21,23H2,1-3H3/q+1. The molecule has 0 radical (unpaired) electrons. The van der Waals surface area contributed by atoms with Crippen LogP contribution in [-0.4, -0.2) is 38.3 Å². The normalized spacial score (nSPS) is 11.5. The van der Waals surface area contributed by atoms with Crippen molar-refractivity contribution in [3.8, 4) is 5.75 Å². The van der Waals surface area contributed by atoms with Crippen LogP contribution in [0.15, 0.2) is 85.1 Å². The van der Waals surface area contributed by atoms with E-state index in [1.807, 2.05) is 48.5 Å². The van der Waals surface area contributed by atoms with Crippen LogP contribution in [0.25, 0.3) is 10.9 Å². The van der Waals surface area contributed by atoms with Crippen molar-refractivity contribution in [2.75, 3.05) is 27.7 Å². The SMILES string of the molecule is C[N+](C)(C)c1ccc(C(=O)OCCCCCn2ccc3cc(OCc4ccccc4)ccc32)cc1. The molecule has 0 N–H and O–H groups in total. The Balaban J connectivity index is 1.18. The maximum absolute atomic E-state index is 12.3. The zero-order valence-corrected chi connectivity index (χ0v) is 20.9. The number of ether oxygens (including phenoxy) is 2. The van der Waals surface area contributed by atoms with Gasteiger partial charge in [-0.15, -0.1) is 0 Å². The summed E-state index contributed by atoms with van der Waals surface area (Å²) >= 11 is 0. The number of aryl methyl sites for hydroxylation is 1. The number of rotatable bonds is 11. The number of carbonyl (C=O) groups excluding carboxylic acids is 1. The summed E-state index contributed by atoms with van der Waals surface area (Å²) in [5.41, 5.74) is 4.12. The number of esters is 1. The zero-order valence-electron chi connectivity index (χ0n) is 20.9. The van der Waals surface area contributed by atoms with Crippen molar-refractivity contribution in [1.82, 2.24) is 9.05 Å². The first-order chi connectivity index (χ1) is 16.9. The van der Waals surface area contributed by atoms with Crippen LogP contribution < -0.4 is 9.22 Å². The Morgan fingerprint density at radius 2 is 1.63 bits per heavy atom. The zero-order chi connectivity index (χ0) is 24.7. The van der Waals surface area contributed by atoms with E-state index in [1.165, 1.54) is 10.9 Å². The van der Waals surface area contributed by atoms with E-state index in [1.54, 1.807) is 0 Å². The molecular weight excluding hydrogens is 436 g/mol. The van der Waals surface area contributed by atoms with Gasteiger partial charge in [0.2, 0.25) is 0 Å². The Bertz CT molecular complexity index is 1240. The summed E-state index contributed by atoms with van der Waals surface area (Å²) in [7, 11) is 6.30. The number of aromatic nitrogens is 1. The van der Waals surface area contributed by atoms with Gasteiger partial charge in [0.25, 0.3) is 0 Å². The van der Waals surface area contributed by atoms with Crippen LogP contribution in [0.3, 0.4) is 0 Å². The van der Waals surface area contributed by atoms with Crippen LogP contribution in [0.1, 0.15) is 35.2 Å². The van der Waals surface area contributed by atoms with E-state index in [-0.39, 0.29) is 5.97 Å². The van der Waals surface area contributed by atoms with E-state index in [4.69, 9.17) is 9.47 Å². The second-order valence-electron chi connectivity index (χ2n) is 9.76. The lowest BCUT2D eigenvalue weighted by Crippen LogP contribution is -2.34. The Hall–Kier alpha value is -3.57. The molecule has 0 spiro atoms. The molecule has 182 valence electrons. The fourth-order valence-electron chi connectivity index (χ4n) is 4.06. The van der Waals surface area contributed by atoms with Crippen molar-refractivity contribution >= 4 is 22.6 Å². The largest absolute Gasteiger partial charge is 0.489 e. The van der Waals surface area contributed by atoms with Crippen molar-refractivity contribution in [3.05, 3.63) is 96.2 Å². The molecule has 0 bridgehead atoms. The minimum absolute atomic E-state index is 0.250. The Morgan fingerprint density at radius 1 is 0.857 bits per heavy atom. The highest BCUT2D eigenvalue weighted by atomic mass is 16.5. The van der Waals surface area contributed by atoms with Gasteiger partial charge in [0.1, 0.15) is 18.0 Å². The van der Waals surface area contributed by atoms with Crippen LogP contribution in [0.2, 0.25) is 0 Å². The Labute approximate surface area is 208 Å². The fourth-order valence-corrected chi connectivity index (χ4v) is 4.06. The minimum Gasteiger partial charge on any atom is -0.489 e. The lowest BCUT2D eigenvalue weighted by molar-refractivity contribution is 0.0497. The highest BCUT2D eigenvalue weighted by molar-refractivity contribution is 5.89. The average molecular weight is 472 g/mol. The number of fused-ring (bicyclic) bond motifs is 1. The van der Waals surface area contributed by atoms with E-state index >= 15 is 0 Å². The predicted molar refractivity (Wildman–Crippen MR) is 143 cm³/mol. The first-order valence-corrected chi connectivity index (χ1v) is 12.2. The van der Waals surface area contributed by atoms with Crippen molar-refractivity contribution < 1.29 is 14.3 Å². The molecule has 5 heteroatoms. The van der Waals surface area contributed by atoms with Gasteiger partial charge < -0.3 is 14.0 Å². The van der Waals surface area contributed by atoms with Crippen molar-refractivity contribution in [1.29, 1.82) is 0 Å². The second-order valence-corrected chi connectivity index (χ2v) is 9.76. The van der Waals surface area contributed by atoms with E-state index < -0.39 is 0 Å². The summed E-state index contributed by atoms with van der Waals surface area (Å²) in [5.74, 6) is 0.632. The van der Waals surface area contributed by atoms with E-state index in [0.717, 1.165) is 47.3 Å². The summed E-state index contributed by atoms with van der Waals surface area (Å²) in [4.78, 5) is 12.3. The highest BCUT2D eigenvalue weighted by Gasteiger charge is 2.14. The third-order valence-corrected chi connectivity index (χ3v) is 6.14. The monoisotopic (exact) mass is 471 g/mol. The number of hydrogen-bond acceptors (Lipinski definition) is 3. The molecule has 0 unspecified atom stereocenters. The molecule has 1 heterocycles. The van der Waals surface area contributed by atoms with Gasteiger partial charge in [-0.25, -0.2) is 4.79 Å². The minimum atomic E-state index is -0.250. The maximum atomic E-state index is 12.3. The molecule has 0 aliphatic heterocycles. The average Bonchev–Trinajstić information content (AvgIpc) is 3.27. The fraction of sp³-hybridized carbons (Fsp3) is 0.300. The molecule has 0 saturated heterocycles. The molecule has 4 aromatic rings. The quantitative estimate of drug-likeness (QED) is 0.143. The van der Waals surface area contributed by atoms with Gasteiger partial charge in [0.15, 0.2) is 0 Å². The van der Waals surface area contributed by atoms with Crippen LogP contribution in [0, 0.1) is 0 Å². The second kappa shape index (κ2) is 11.2. The number of nitrogens with zero attached hydrogens (tertiary/aromatic N) is 2. The number of unbranched alkanes of at least 4 members (excludes halogenated alkanes) is 2. The molecule has 0 aliphatic carbocycles. The van der Waals surface area contributed by atoms with E-state index in [9.17, 15) is 4.79 Å². The summed E-state index contributed by atoms with van der Waals surface area (Å²) in [6.45, 7) is 1.96. The summed E-state index contributed by atoms with van der Waals surface area (Å²) < 4.78 is 14.4. The number of carbonyl (C=O) groups is 1. The van der Waals surface area contributed by atoms with Gasteiger partial charge in [-0.2, -0.15) is 0 Å². The molecule has 5 nitrogen and oxygen atoms in total. The summed E-state index contributed by atoms with van der Waals surface area (Å²) in [6.07, 6.45) is 5.03. The highest BCUT2D eigenvalue weighted by Crippen LogP contribution is 2.23.